The van der Waals surface area contributed by atoms with Gasteiger partial charge in [-0.2, -0.15) is 0 Å². The third-order valence-electron chi connectivity index (χ3n) is 3.03. The minimum atomic E-state index is -0.0795. The fourth-order valence-corrected chi connectivity index (χ4v) is 2.00. The zero-order chi connectivity index (χ0) is 11.8. The molecule has 3 heteroatoms. The lowest BCUT2D eigenvalue weighted by Crippen LogP contribution is -2.42. The third kappa shape index (κ3) is 4.79. The molecule has 0 aromatic heterocycles. The maximum atomic E-state index is 11.4. The third-order valence-corrected chi connectivity index (χ3v) is 3.03. The number of nitrogens with one attached hydrogen (secondary N) is 2. The summed E-state index contributed by atoms with van der Waals surface area (Å²) in [6.45, 7) is 5.47. The van der Waals surface area contributed by atoms with Gasteiger partial charge < -0.3 is 10.6 Å². The van der Waals surface area contributed by atoms with Gasteiger partial charge in [-0.1, -0.05) is 11.6 Å². The van der Waals surface area contributed by atoms with Crippen LogP contribution in [0.2, 0.25) is 0 Å². The normalized spacial score (nSPS) is 17.8. The predicted octanol–water partition coefficient (Wildman–Crippen LogP) is 1.99. The molecule has 1 atom stereocenters. The van der Waals surface area contributed by atoms with Gasteiger partial charge in [-0.25, -0.2) is 0 Å². The van der Waals surface area contributed by atoms with Crippen LogP contribution in [0.4, 0.5) is 0 Å². The van der Waals surface area contributed by atoms with Crippen molar-refractivity contribution in [3.63, 3.8) is 0 Å². The largest absolute Gasteiger partial charge is 0.355 e. The SMILES string of the molecule is CCNC(=O)C(C)NCCC1=CCCCC1. The molecule has 1 aliphatic rings. The van der Waals surface area contributed by atoms with Crippen LogP contribution in [0.15, 0.2) is 11.6 Å². The number of amides is 1. The summed E-state index contributed by atoms with van der Waals surface area (Å²) in [7, 11) is 0. The number of carbonyl (C=O) groups is 1. The van der Waals surface area contributed by atoms with E-state index >= 15 is 0 Å². The van der Waals surface area contributed by atoms with E-state index in [4.69, 9.17) is 0 Å². The molecule has 0 aromatic carbocycles. The molecule has 1 unspecified atom stereocenters. The Hall–Kier alpha value is -0.830. The number of hydrogen-bond donors (Lipinski definition) is 2. The summed E-state index contributed by atoms with van der Waals surface area (Å²) in [6, 6.07) is -0.0795. The number of rotatable bonds is 6. The summed E-state index contributed by atoms with van der Waals surface area (Å²) in [5.41, 5.74) is 1.56. The monoisotopic (exact) mass is 224 g/mol. The Morgan fingerprint density at radius 3 is 2.94 bits per heavy atom. The first-order chi connectivity index (χ1) is 7.74. The Bertz CT molecular complexity index is 248. The zero-order valence-electron chi connectivity index (χ0n) is 10.5. The van der Waals surface area contributed by atoms with Gasteiger partial charge in [0.15, 0.2) is 0 Å². The molecule has 1 rings (SSSR count). The lowest BCUT2D eigenvalue weighted by Gasteiger charge is -2.16. The summed E-state index contributed by atoms with van der Waals surface area (Å²) in [5.74, 6) is 0.0973. The lowest BCUT2D eigenvalue weighted by molar-refractivity contribution is -0.122. The Morgan fingerprint density at radius 2 is 2.31 bits per heavy atom. The molecule has 1 aliphatic carbocycles. The van der Waals surface area contributed by atoms with Crippen molar-refractivity contribution in [3.8, 4) is 0 Å². The van der Waals surface area contributed by atoms with Gasteiger partial charge in [0.1, 0.15) is 0 Å². The molecule has 0 bridgehead atoms. The van der Waals surface area contributed by atoms with Crippen molar-refractivity contribution in [1.29, 1.82) is 0 Å². The average Bonchev–Trinajstić information content (AvgIpc) is 2.30. The van der Waals surface area contributed by atoms with E-state index in [1.165, 1.54) is 25.7 Å². The summed E-state index contributed by atoms with van der Waals surface area (Å²) in [4.78, 5) is 11.4. The molecule has 0 aliphatic heterocycles. The smallest absolute Gasteiger partial charge is 0.236 e. The van der Waals surface area contributed by atoms with Gasteiger partial charge >= 0.3 is 0 Å². The van der Waals surface area contributed by atoms with Gasteiger partial charge in [0, 0.05) is 6.54 Å². The van der Waals surface area contributed by atoms with E-state index in [9.17, 15) is 4.79 Å². The molecular formula is C13H24N2O. The fourth-order valence-electron chi connectivity index (χ4n) is 2.00. The number of hydrogen-bond acceptors (Lipinski definition) is 2. The van der Waals surface area contributed by atoms with Crippen molar-refractivity contribution >= 4 is 5.91 Å². The van der Waals surface area contributed by atoms with Crippen molar-refractivity contribution in [3.05, 3.63) is 11.6 Å². The topological polar surface area (TPSA) is 41.1 Å². The van der Waals surface area contributed by atoms with Crippen LogP contribution in [0, 0.1) is 0 Å². The molecule has 2 N–H and O–H groups in total. The first-order valence-electron chi connectivity index (χ1n) is 6.43. The lowest BCUT2D eigenvalue weighted by atomic mass is 9.97. The average molecular weight is 224 g/mol. The fraction of sp³-hybridized carbons (Fsp3) is 0.769. The Kier molecular flexibility index (Phi) is 6.16. The standard InChI is InChI=1S/C13H24N2O/c1-3-14-13(16)11(2)15-10-9-12-7-5-4-6-8-12/h7,11,15H,3-6,8-10H2,1-2H3,(H,14,16). The number of likely N-dealkylation sites (N-methyl/N-ethyl adjacent to an activating group) is 1. The van der Waals surface area contributed by atoms with Crippen LogP contribution >= 0.6 is 0 Å². The second kappa shape index (κ2) is 7.44. The molecule has 0 spiro atoms. The molecule has 16 heavy (non-hydrogen) atoms. The van der Waals surface area contributed by atoms with Gasteiger partial charge in [-0.15, -0.1) is 0 Å². The van der Waals surface area contributed by atoms with E-state index in [0.29, 0.717) is 6.54 Å². The molecule has 1 amide bonds. The quantitative estimate of drug-likeness (QED) is 0.677. The van der Waals surface area contributed by atoms with Crippen LogP contribution in [0.1, 0.15) is 46.0 Å². The first-order valence-corrected chi connectivity index (χ1v) is 6.43. The van der Waals surface area contributed by atoms with Crippen LogP contribution in [0.25, 0.3) is 0 Å². The van der Waals surface area contributed by atoms with Crippen LogP contribution in [-0.2, 0) is 4.79 Å². The van der Waals surface area contributed by atoms with E-state index < -0.39 is 0 Å². The Balaban J connectivity index is 2.14. The van der Waals surface area contributed by atoms with Gasteiger partial charge in [0.05, 0.1) is 6.04 Å². The second-order valence-electron chi connectivity index (χ2n) is 4.43. The zero-order valence-corrected chi connectivity index (χ0v) is 10.5. The summed E-state index contributed by atoms with van der Waals surface area (Å²) >= 11 is 0. The molecule has 3 nitrogen and oxygen atoms in total. The summed E-state index contributed by atoms with van der Waals surface area (Å²) in [5, 5.41) is 6.08. The molecule has 0 saturated heterocycles. The molecule has 92 valence electrons. The minimum Gasteiger partial charge on any atom is -0.355 e. The summed E-state index contributed by atoms with van der Waals surface area (Å²) < 4.78 is 0. The van der Waals surface area contributed by atoms with Crippen molar-refractivity contribution in [1.82, 2.24) is 10.6 Å². The van der Waals surface area contributed by atoms with E-state index in [2.05, 4.69) is 16.7 Å². The van der Waals surface area contributed by atoms with Crippen molar-refractivity contribution in [2.24, 2.45) is 0 Å². The molecule has 0 radical (unpaired) electrons. The molecule has 0 saturated carbocycles. The van der Waals surface area contributed by atoms with Crippen molar-refractivity contribution in [2.45, 2.75) is 52.0 Å². The Morgan fingerprint density at radius 1 is 1.50 bits per heavy atom. The summed E-state index contributed by atoms with van der Waals surface area (Å²) in [6.07, 6.45) is 8.61. The van der Waals surface area contributed by atoms with Crippen molar-refractivity contribution in [2.75, 3.05) is 13.1 Å². The van der Waals surface area contributed by atoms with Crippen molar-refractivity contribution < 1.29 is 4.79 Å². The number of allylic oxidation sites excluding steroid dienone is 1. The highest BCUT2D eigenvalue weighted by atomic mass is 16.2. The van der Waals surface area contributed by atoms with E-state index in [-0.39, 0.29) is 11.9 Å². The van der Waals surface area contributed by atoms with Gasteiger partial charge in [0.25, 0.3) is 0 Å². The van der Waals surface area contributed by atoms with Gasteiger partial charge in [-0.3, -0.25) is 4.79 Å². The predicted molar refractivity (Wildman–Crippen MR) is 67.3 cm³/mol. The maximum Gasteiger partial charge on any atom is 0.236 e. The maximum absolute atomic E-state index is 11.4. The van der Waals surface area contributed by atoms with Crippen LogP contribution in [0.5, 0.6) is 0 Å². The van der Waals surface area contributed by atoms with Crippen LogP contribution < -0.4 is 10.6 Å². The highest BCUT2D eigenvalue weighted by Gasteiger charge is 2.10. The second-order valence-corrected chi connectivity index (χ2v) is 4.43. The highest BCUT2D eigenvalue weighted by Crippen LogP contribution is 2.19. The Labute approximate surface area is 98.7 Å². The van der Waals surface area contributed by atoms with E-state index in [1.54, 1.807) is 5.57 Å². The van der Waals surface area contributed by atoms with Gasteiger partial charge in [0.2, 0.25) is 5.91 Å². The van der Waals surface area contributed by atoms with Crippen LogP contribution in [0.3, 0.4) is 0 Å². The number of carbonyl (C=O) groups excluding carboxylic acids is 1. The molecule has 0 heterocycles. The molecular weight excluding hydrogens is 200 g/mol. The van der Waals surface area contributed by atoms with E-state index in [1.807, 2.05) is 13.8 Å². The highest BCUT2D eigenvalue weighted by molar-refractivity contribution is 5.81. The molecule has 0 aromatic rings. The van der Waals surface area contributed by atoms with Gasteiger partial charge in [-0.05, 0) is 52.5 Å². The van der Waals surface area contributed by atoms with Crippen LogP contribution in [-0.4, -0.2) is 25.0 Å². The molecule has 0 fully saturated rings. The minimum absolute atomic E-state index is 0.0795. The van der Waals surface area contributed by atoms with E-state index in [0.717, 1.165) is 13.0 Å². The first kappa shape index (κ1) is 13.2.